The number of benzene rings is 2. The average Bonchev–Trinajstić information content (AvgIpc) is 2.64. The molecule has 0 unspecified atom stereocenters. The van der Waals surface area contributed by atoms with Gasteiger partial charge in [-0.2, -0.15) is 0 Å². The highest BCUT2D eigenvalue weighted by molar-refractivity contribution is 6.35. The van der Waals surface area contributed by atoms with Crippen molar-refractivity contribution in [1.29, 1.82) is 0 Å². The lowest BCUT2D eigenvalue weighted by Gasteiger charge is -2.17. The van der Waals surface area contributed by atoms with Crippen LogP contribution in [0, 0.1) is 13.8 Å². The fourth-order valence-corrected chi connectivity index (χ4v) is 3.84. The van der Waals surface area contributed by atoms with Crippen molar-refractivity contribution < 1.29 is 0 Å². The van der Waals surface area contributed by atoms with Gasteiger partial charge in [0, 0.05) is 31.3 Å². The molecule has 1 aromatic heterocycles. The van der Waals surface area contributed by atoms with E-state index in [1.807, 2.05) is 0 Å². The molecule has 0 aliphatic heterocycles. The molecule has 0 aliphatic rings. The first-order valence-corrected chi connectivity index (χ1v) is 9.89. The van der Waals surface area contributed by atoms with Crippen molar-refractivity contribution in [2.75, 3.05) is 0 Å². The van der Waals surface area contributed by atoms with E-state index in [1.165, 1.54) is 9.13 Å². The summed E-state index contributed by atoms with van der Waals surface area (Å²) in [5, 5.41) is 1.84. The van der Waals surface area contributed by atoms with E-state index in [4.69, 9.17) is 46.4 Å². The molecule has 2 aromatic carbocycles. The molecular weight excluding hydrogens is 442 g/mol. The minimum absolute atomic E-state index is 0.0448. The standard InChI is InChI=1S/C20H16Cl4N2O2/c1-11-12(2)25(9-13-3-5-15(21)7-17(13)23)20(28)26(19(11)27)10-14-4-6-16(22)8-18(14)24/h3-8H,9-10H2,1-2H3. The van der Waals surface area contributed by atoms with Crippen molar-refractivity contribution in [2.24, 2.45) is 0 Å². The van der Waals surface area contributed by atoms with Crippen LogP contribution in [0.3, 0.4) is 0 Å². The Hall–Kier alpha value is -1.72. The molecule has 0 fully saturated rings. The van der Waals surface area contributed by atoms with Gasteiger partial charge in [-0.1, -0.05) is 58.5 Å². The highest BCUT2D eigenvalue weighted by Gasteiger charge is 2.16. The van der Waals surface area contributed by atoms with Crippen LogP contribution >= 0.6 is 46.4 Å². The SMILES string of the molecule is Cc1c(C)n(Cc2ccc(Cl)cc2Cl)c(=O)n(Cc2ccc(Cl)cc2Cl)c1=O. The van der Waals surface area contributed by atoms with Gasteiger partial charge in [0.1, 0.15) is 0 Å². The summed E-state index contributed by atoms with van der Waals surface area (Å²) in [5.41, 5.74) is 1.63. The van der Waals surface area contributed by atoms with Crippen LogP contribution in [0.4, 0.5) is 0 Å². The van der Waals surface area contributed by atoms with Crippen LogP contribution in [-0.4, -0.2) is 9.13 Å². The number of aromatic nitrogens is 2. The van der Waals surface area contributed by atoms with Crippen molar-refractivity contribution in [3.63, 3.8) is 0 Å². The zero-order valence-corrected chi connectivity index (χ0v) is 18.1. The van der Waals surface area contributed by atoms with Crippen molar-refractivity contribution in [3.05, 3.63) is 99.7 Å². The number of halogens is 4. The largest absolute Gasteiger partial charge is 0.331 e. The van der Waals surface area contributed by atoms with Gasteiger partial charge in [0.05, 0.1) is 13.1 Å². The lowest BCUT2D eigenvalue weighted by Crippen LogP contribution is -2.42. The van der Waals surface area contributed by atoms with Crippen molar-refractivity contribution in [2.45, 2.75) is 26.9 Å². The third-order valence-corrected chi connectivity index (χ3v) is 5.84. The number of hydrogen-bond acceptors (Lipinski definition) is 2. The first-order chi connectivity index (χ1) is 13.2. The van der Waals surface area contributed by atoms with E-state index in [-0.39, 0.29) is 18.6 Å². The average molecular weight is 458 g/mol. The Morgan fingerprint density at radius 1 is 0.750 bits per heavy atom. The molecule has 146 valence electrons. The summed E-state index contributed by atoms with van der Waals surface area (Å²) in [6, 6.07) is 10.0. The Bertz CT molecular complexity index is 1180. The highest BCUT2D eigenvalue weighted by atomic mass is 35.5. The highest BCUT2D eigenvalue weighted by Crippen LogP contribution is 2.23. The first kappa shape index (κ1) is 21.0. The number of nitrogens with zero attached hydrogens (tertiary/aromatic N) is 2. The maximum absolute atomic E-state index is 13.1. The fourth-order valence-electron chi connectivity index (χ4n) is 2.90. The lowest BCUT2D eigenvalue weighted by molar-refractivity contribution is 0.591. The third kappa shape index (κ3) is 4.15. The van der Waals surface area contributed by atoms with Crippen molar-refractivity contribution in [3.8, 4) is 0 Å². The summed E-state index contributed by atoms with van der Waals surface area (Å²) < 4.78 is 2.69. The normalized spacial score (nSPS) is 11.1. The molecule has 28 heavy (non-hydrogen) atoms. The fraction of sp³-hybridized carbons (Fsp3) is 0.200. The van der Waals surface area contributed by atoms with Crippen LogP contribution in [-0.2, 0) is 13.1 Å². The maximum atomic E-state index is 13.1. The molecule has 4 nitrogen and oxygen atoms in total. The quantitative estimate of drug-likeness (QED) is 0.530. The zero-order valence-electron chi connectivity index (χ0n) is 15.1. The predicted octanol–water partition coefficient (Wildman–Crippen LogP) is 5.34. The smallest absolute Gasteiger partial charge is 0.293 e. The Labute approximate surface area is 181 Å². The first-order valence-electron chi connectivity index (χ1n) is 8.37. The number of hydrogen-bond donors (Lipinski definition) is 0. The Balaban J connectivity index is 2.12. The van der Waals surface area contributed by atoms with Gasteiger partial charge in [0.25, 0.3) is 5.56 Å². The van der Waals surface area contributed by atoms with Crippen LogP contribution in [0.2, 0.25) is 20.1 Å². The molecule has 3 aromatic rings. The van der Waals surface area contributed by atoms with Gasteiger partial charge in [0.2, 0.25) is 0 Å². The van der Waals surface area contributed by atoms with Crippen LogP contribution in [0.15, 0.2) is 46.0 Å². The van der Waals surface area contributed by atoms with E-state index in [2.05, 4.69) is 0 Å². The molecule has 0 saturated carbocycles. The molecule has 0 amide bonds. The van der Waals surface area contributed by atoms with Crippen LogP contribution < -0.4 is 11.2 Å². The minimum Gasteiger partial charge on any atom is -0.293 e. The second-order valence-corrected chi connectivity index (χ2v) is 8.13. The summed E-state index contributed by atoms with van der Waals surface area (Å²) in [7, 11) is 0. The Morgan fingerprint density at radius 3 is 1.68 bits per heavy atom. The number of rotatable bonds is 4. The van der Waals surface area contributed by atoms with Crippen molar-refractivity contribution >= 4 is 46.4 Å². The van der Waals surface area contributed by atoms with Crippen LogP contribution in [0.25, 0.3) is 0 Å². The molecule has 8 heteroatoms. The van der Waals surface area contributed by atoms with Gasteiger partial charge < -0.3 is 0 Å². The van der Waals surface area contributed by atoms with E-state index < -0.39 is 5.69 Å². The molecule has 3 rings (SSSR count). The third-order valence-electron chi connectivity index (χ3n) is 4.66. The summed E-state index contributed by atoms with van der Waals surface area (Å²) >= 11 is 24.4. The van der Waals surface area contributed by atoms with Gasteiger partial charge in [-0.05, 0) is 49.2 Å². The van der Waals surface area contributed by atoms with E-state index in [0.717, 1.165) is 5.56 Å². The van der Waals surface area contributed by atoms with Gasteiger partial charge >= 0.3 is 5.69 Å². The maximum Gasteiger partial charge on any atom is 0.331 e. The second kappa shape index (κ2) is 8.34. The lowest BCUT2D eigenvalue weighted by atomic mass is 10.2. The molecule has 0 radical (unpaired) electrons. The molecule has 0 saturated heterocycles. The zero-order chi connectivity index (χ0) is 20.6. The molecular formula is C20H16Cl4N2O2. The van der Waals surface area contributed by atoms with Gasteiger partial charge in [0.15, 0.2) is 0 Å². The van der Waals surface area contributed by atoms with Crippen LogP contribution in [0.1, 0.15) is 22.4 Å². The summed E-state index contributed by atoms with van der Waals surface area (Å²) in [5.74, 6) is 0. The van der Waals surface area contributed by atoms with Gasteiger partial charge in [-0.15, -0.1) is 0 Å². The molecule has 0 spiro atoms. The molecule has 0 N–H and O–H groups in total. The summed E-state index contributed by atoms with van der Waals surface area (Å²) in [4.78, 5) is 25.9. The predicted molar refractivity (Wildman–Crippen MR) is 116 cm³/mol. The molecule has 0 aliphatic carbocycles. The molecule has 0 atom stereocenters. The van der Waals surface area contributed by atoms with E-state index >= 15 is 0 Å². The monoisotopic (exact) mass is 456 g/mol. The minimum atomic E-state index is -0.440. The van der Waals surface area contributed by atoms with E-state index in [0.29, 0.717) is 36.9 Å². The molecule has 0 bridgehead atoms. The summed E-state index contributed by atoms with van der Waals surface area (Å²) in [6.07, 6.45) is 0. The summed E-state index contributed by atoms with van der Waals surface area (Å²) in [6.45, 7) is 3.69. The Morgan fingerprint density at radius 2 is 1.21 bits per heavy atom. The topological polar surface area (TPSA) is 44.0 Å². The second-order valence-electron chi connectivity index (χ2n) is 6.44. The Kier molecular flexibility index (Phi) is 6.25. The van der Waals surface area contributed by atoms with E-state index in [9.17, 15) is 9.59 Å². The van der Waals surface area contributed by atoms with Crippen molar-refractivity contribution in [1.82, 2.24) is 9.13 Å². The van der Waals surface area contributed by atoms with Gasteiger partial charge in [-0.3, -0.25) is 13.9 Å². The molecule has 1 heterocycles. The van der Waals surface area contributed by atoms with Gasteiger partial charge in [-0.25, -0.2) is 4.79 Å². The van der Waals surface area contributed by atoms with E-state index in [1.54, 1.807) is 50.2 Å². The van der Waals surface area contributed by atoms with Crippen LogP contribution in [0.5, 0.6) is 0 Å².